The quantitative estimate of drug-likeness (QED) is 0.641. The lowest BCUT2D eigenvalue weighted by molar-refractivity contribution is 0.137. The zero-order valence-corrected chi connectivity index (χ0v) is 6.10. The normalized spacial score (nSPS) is 24.6. The second kappa shape index (κ2) is 2.64. The number of rotatable bonds is 2. The fraction of sp³-hybridized carbons (Fsp3) is 0.333. The third-order valence-electron chi connectivity index (χ3n) is 1.85. The number of hydrogen-bond donors (Lipinski definition) is 1. The summed E-state index contributed by atoms with van der Waals surface area (Å²) in [6.45, 7) is 0.691. The van der Waals surface area contributed by atoms with Crippen molar-refractivity contribution >= 4 is 0 Å². The number of ether oxygens (including phenoxy) is 1. The van der Waals surface area contributed by atoms with Crippen LogP contribution < -0.4 is 0 Å². The van der Waals surface area contributed by atoms with Gasteiger partial charge in [-0.3, -0.25) is 0 Å². The Balaban J connectivity index is 2.15. The van der Waals surface area contributed by atoms with E-state index in [-0.39, 0.29) is 6.10 Å². The van der Waals surface area contributed by atoms with Crippen LogP contribution in [0, 0.1) is 0 Å². The minimum atomic E-state index is -0.434. The fourth-order valence-corrected chi connectivity index (χ4v) is 1.10. The van der Waals surface area contributed by atoms with Gasteiger partial charge in [0.15, 0.2) is 0 Å². The summed E-state index contributed by atoms with van der Waals surface area (Å²) in [5, 5.41) is 9.54. The molecule has 1 fully saturated rings. The predicted octanol–water partition coefficient (Wildman–Crippen LogP) is 1.12. The second-order valence-corrected chi connectivity index (χ2v) is 2.73. The Morgan fingerprint density at radius 1 is 1.36 bits per heavy atom. The van der Waals surface area contributed by atoms with Crippen LogP contribution in [0.4, 0.5) is 0 Å². The van der Waals surface area contributed by atoms with Gasteiger partial charge in [-0.15, -0.1) is 0 Å². The fourth-order valence-electron chi connectivity index (χ4n) is 1.10. The van der Waals surface area contributed by atoms with Crippen LogP contribution in [0.5, 0.6) is 0 Å². The number of epoxide rings is 1. The highest BCUT2D eigenvalue weighted by molar-refractivity contribution is 5.19. The molecule has 2 heteroatoms. The van der Waals surface area contributed by atoms with E-state index in [2.05, 4.69) is 0 Å². The summed E-state index contributed by atoms with van der Waals surface area (Å²) in [6.07, 6.45) is -0.395. The summed E-state index contributed by atoms with van der Waals surface area (Å²) in [5.74, 6) is 0. The van der Waals surface area contributed by atoms with Crippen LogP contribution in [0.1, 0.15) is 11.7 Å². The molecule has 58 valence electrons. The minimum absolute atomic E-state index is 0.0393. The Hall–Kier alpha value is -0.860. The van der Waals surface area contributed by atoms with Gasteiger partial charge < -0.3 is 9.84 Å². The minimum Gasteiger partial charge on any atom is -0.386 e. The largest absolute Gasteiger partial charge is 0.386 e. The van der Waals surface area contributed by atoms with Crippen LogP contribution in [0.15, 0.2) is 30.3 Å². The number of benzene rings is 1. The standard InChI is InChI=1S/C9H10O2/c10-9(8-6-11-8)7-4-2-1-3-5-7/h1-5,8-10H,6H2/t8-,9?/m0/s1. The first kappa shape index (κ1) is 6.83. The van der Waals surface area contributed by atoms with Gasteiger partial charge in [0, 0.05) is 0 Å². The average molecular weight is 150 g/mol. The van der Waals surface area contributed by atoms with Crippen molar-refractivity contribution < 1.29 is 9.84 Å². The van der Waals surface area contributed by atoms with Crippen molar-refractivity contribution in [3.05, 3.63) is 35.9 Å². The molecule has 2 atom stereocenters. The van der Waals surface area contributed by atoms with Crippen molar-refractivity contribution in [1.29, 1.82) is 0 Å². The molecular formula is C9H10O2. The molecule has 1 saturated heterocycles. The molecular weight excluding hydrogens is 140 g/mol. The summed E-state index contributed by atoms with van der Waals surface area (Å²) in [5.41, 5.74) is 0.940. The molecule has 0 spiro atoms. The molecule has 1 heterocycles. The maximum absolute atomic E-state index is 9.54. The SMILES string of the molecule is OC(c1ccccc1)[C@@H]1CO1. The summed E-state index contributed by atoms with van der Waals surface area (Å²) in [4.78, 5) is 0. The van der Waals surface area contributed by atoms with E-state index in [1.54, 1.807) is 0 Å². The number of aliphatic hydroxyl groups excluding tert-OH is 1. The number of aliphatic hydroxyl groups is 1. The van der Waals surface area contributed by atoms with E-state index < -0.39 is 6.10 Å². The van der Waals surface area contributed by atoms with Crippen LogP contribution in [0.2, 0.25) is 0 Å². The van der Waals surface area contributed by atoms with E-state index in [4.69, 9.17) is 4.74 Å². The summed E-state index contributed by atoms with van der Waals surface area (Å²) >= 11 is 0. The lowest BCUT2D eigenvalue weighted by atomic mass is 10.1. The van der Waals surface area contributed by atoms with Crippen LogP contribution in [-0.4, -0.2) is 17.8 Å². The lowest BCUT2D eigenvalue weighted by Crippen LogP contribution is -2.03. The molecule has 11 heavy (non-hydrogen) atoms. The third-order valence-corrected chi connectivity index (χ3v) is 1.85. The van der Waals surface area contributed by atoms with E-state index in [9.17, 15) is 5.11 Å². The monoisotopic (exact) mass is 150 g/mol. The topological polar surface area (TPSA) is 32.8 Å². The molecule has 0 saturated carbocycles. The van der Waals surface area contributed by atoms with Crippen molar-refractivity contribution in [3.63, 3.8) is 0 Å². The van der Waals surface area contributed by atoms with Crippen molar-refractivity contribution in [2.45, 2.75) is 12.2 Å². The molecule has 1 aromatic rings. The van der Waals surface area contributed by atoms with E-state index in [1.807, 2.05) is 30.3 Å². The predicted molar refractivity (Wildman–Crippen MR) is 41.1 cm³/mol. The van der Waals surface area contributed by atoms with Crippen LogP contribution in [0.25, 0.3) is 0 Å². The molecule has 1 aliphatic rings. The molecule has 2 nitrogen and oxygen atoms in total. The summed E-state index contributed by atoms with van der Waals surface area (Å²) in [7, 11) is 0. The van der Waals surface area contributed by atoms with E-state index in [0.29, 0.717) is 6.61 Å². The average Bonchev–Trinajstić information content (AvgIpc) is 2.87. The molecule has 1 aliphatic heterocycles. The maximum atomic E-state index is 9.54. The van der Waals surface area contributed by atoms with E-state index in [0.717, 1.165) is 5.56 Å². The maximum Gasteiger partial charge on any atom is 0.111 e. The van der Waals surface area contributed by atoms with Gasteiger partial charge in [-0.2, -0.15) is 0 Å². The van der Waals surface area contributed by atoms with Crippen LogP contribution >= 0.6 is 0 Å². The Kier molecular flexibility index (Phi) is 1.64. The molecule has 0 amide bonds. The highest BCUT2D eigenvalue weighted by Gasteiger charge is 2.31. The lowest BCUT2D eigenvalue weighted by Gasteiger charge is -2.05. The van der Waals surface area contributed by atoms with E-state index in [1.165, 1.54) is 0 Å². The van der Waals surface area contributed by atoms with Gasteiger partial charge in [0.25, 0.3) is 0 Å². The summed E-state index contributed by atoms with van der Waals surface area (Å²) < 4.78 is 4.97. The first-order chi connectivity index (χ1) is 5.38. The Labute approximate surface area is 65.4 Å². The zero-order chi connectivity index (χ0) is 7.68. The first-order valence-corrected chi connectivity index (χ1v) is 3.72. The zero-order valence-electron chi connectivity index (χ0n) is 6.10. The van der Waals surface area contributed by atoms with Crippen molar-refractivity contribution in [2.24, 2.45) is 0 Å². The Bertz CT molecular complexity index is 229. The van der Waals surface area contributed by atoms with Crippen LogP contribution in [0.3, 0.4) is 0 Å². The van der Waals surface area contributed by atoms with E-state index >= 15 is 0 Å². The van der Waals surface area contributed by atoms with Gasteiger partial charge in [-0.1, -0.05) is 30.3 Å². The summed E-state index contributed by atoms with van der Waals surface area (Å²) in [6, 6.07) is 9.59. The van der Waals surface area contributed by atoms with Gasteiger partial charge in [0.1, 0.15) is 12.2 Å². The van der Waals surface area contributed by atoms with Gasteiger partial charge in [-0.05, 0) is 5.56 Å². The molecule has 0 aromatic heterocycles. The molecule has 0 aliphatic carbocycles. The molecule has 0 bridgehead atoms. The molecule has 0 radical (unpaired) electrons. The van der Waals surface area contributed by atoms with Crippen molar-refractivity contribution in [1.82, 2.24) is 0 Å². The first-order valence-electron chi connectivity index (χ1n) is 3.72. The highest BCUT2D eigenvalue weighted by Crippen LogP contribution is 2.26. The molecule has 1 unspecified atom stereocenters. The third kappa shape index (κ3) is 1.42. The smallest absolute Gasteiger partial charge is 0.111 e. The van der Waals surface area contributed by atoms with Gasteiger partial charge >= 0.3 is 0 Å². The van der Waals surface area contributed by atoms with Gasteiger partial charge in [0.2, 0.25) is 0 Å². The van der Waals surface area contributed by atoms with Crippen molar-refractivity contribution in [2.75, 3.05) is 6.61 Å². The highest BCUT2D eigenvalue weighted by atomic mass is 16.6. The van der Waals surface area contributed by atoms with Gasteiger partial charge in [-0.25, -0.2) is 0 Å². The second-order valence-electron chi connectivity index (χ2n) is 2.73. The Morgan fingerprint density at radius 3 is 2.55 bits per heavy atom. The molecule has 1 N–H and O–H groups in total. The Morgan fingerprint density at radius 2 is 2.00 bits per heavy atom. The van der Waals surface area contributed by atoms with Crippen molar-refractivity contribution in [3.8, 4) is 0 Å². The van der Waals surface area contributed by atoms with Crippen LogP contribution in [-0.2, 0) is 4.74 Å². The molecule has 1 aromatic carbocycles. The van der Waals surface area contributed by atoms with Gasteiger partial charge in [0.05, 0.1) is 6.61 Å². The molecule has 2 rings (SSSR count). The number of hydrogen-bond acceptors (Lipinski definition) is 2.